The Morgan fingerprint density at radius 3 is 2.07 bits per heavy atom. The summed E-state index contributed by atoms with van der Waals surface area (Å²) in [6.07, 6.45) is 11.3. The van der Waals surface area contributed by atoms with Crippen LogP contribution < -0.4 is 20.4 Å². The molecule has 3 fully saturated rings. The molecule has 160 valence electrons. The molecule has 8 heteroatoms. The third kappa shape index (κ3) is 5.92. The molecule has 4 rings (SSSR count). The van der Waals surface area contributed by atoms with Crippen LogP contribution in [0.2, 0.25) is 0 Å². The van der Waals surface area contributed by atoms with Crippen LogP contribution >= 0.6 is 12.2 Å². The van der Waals surface area contributed by atoms with E-state index in [2.05, 4.69) is 26.5 Å². The molecule has 1 unspecified atom stereocenters. The van der Waals surface area contributed by atoms with E-state index >= 15 is 0 Å². The maximum atomic E-state index is 5.67. The van der Waals surface area contributed by atoms with Crippen LogP contribution in [-0.4, -0.2) is 60.5 Å². The minimum Gasteiger partial charge on any atom is -0.376 e. The highest BCUT2D eigenvalue weighted by atomic mass is 32.1. The lowest BCUT2D eigenvalue weighted by atomic mass is 10.1. The average molecular weight is 419 g/mol. The molecule has 0 spiro atoms. The standard InChI is InChI=1S/C21H34N6OS/c29-21(22-16-17-9-8-14-28-17)25-20-23-18(26-10-4-1-2-5-11-26)15-19(24-20)27-12-6-3-7-13-27/h15,17H,1-14,16H2,(H2,22,23,24,25,29). The topological polar surface area (TPSA) is 65.6 Å². The highest BCUT2D eigenvalue weighted by molar-refractivity contribution is 7.80. The van der Waals surface area contributed by atoms with Crippen molar-refractivity contribution in [2.75, 3.05) is 54.4 Å². The zero-order valence-corrected chi connectivity index (χ0v) is 18.2. The lowest BCUT2D eigenvalue weighted by Crippen LogP contribution is -2.36. The molecule has 1 aromatic rings. The van der Waals surface area contributed by atoms with E-state index in [9.17, 15) is 0 Å². The van der Waals surface area contributed by atoms with Crippen molar-refractivity contribution in [3.05, 3.63) is 6.07 Å². The van der Waals surface area contributed by atoms with E-state index in [-0.39, 0.29) is 6.10 Å². The Morgan fingerprint density at radius 2 is 1.52 bits per heavy atom. The van der Waals surface area contributed by atoms with Gasteiger partial charge in [0.25, 0.3) is 0 Å². The molecule has 3 aliphatic heterocycles. The molecule has 2 N–H and O–H groups in total. The number of anilines is 3. The molecular formula is C21H34N6OS. The van der Waals surface area contributed by atoms with E-state index in [1.54, 1.807) is 0 Å². The number of hydrogen-bond donors (Lipinski definition) is 2. The number of nitrogens with one attached hydrogen (secondary N) is 2. The van der Waals surface area contributed by atoms with Gasteiger partial charge in [-0.05, 0) is 57.2 Å². The molecule has 0 bridgehead atoms. The smallest absolute Gasteiger partial charge is 0.232 e. The summed E-state index contributed by atoms with van der Waals surface area (Å²) < 4.78 is 5.67. The molecule has 7 nitrogen and oxygen atoms in total. The zero-order chi connectivity index (χ0) is 19.9. The predicted octanol–water partition coefficient (Wildman–Crippen LogP) is 3.31. The second-order valence-corrected chi connectivity index (χ2v) is 8.74. The summed E-state index contributed by atoms with van der Waals surface area (Å²) >= 11 is 5.51. The van der Waals surface area contributed by atoms with Gasteiger partial charge in [0.1, 0.15) is 11.6 Å². The molecule has 3 saturated heterocycles. The SMILES string of the molecule is S=C(NCC1CCCO1)Nc1nc(N2CCCCCC2)cc(N2CCCCC2)n1. The zero-order valence-electron chi connectivity index (χ0n) is 17.4. The van der Waals surface area contributed by atoms with Crippen LogP contribution in [0, 0.1) is 0 Å². The maximum absolute atomic E-state index is 5.67. The minimum absolute atomic E-state index is 0.253. The number of rotatable bonds is 5. The second kappa shape index (κ2) is 10.4. The Bertz CT molecular complexity index is 667. The molecule has 29 heavy (non-hydrogen) atoms. The van der Waals surface area contributed by atoms with E-state index in [0.29, 0.717) is 11.1 Å². The van der Waals surface area contributed by atoms with Gasteiger partial charge in [-0.15, -0.1) is 0 Å². The van der Waals surface area contributed by atoms with Crippen LogP contribution in [0.1, 0.15) is 57.8 Å². The van der Waals surface area contributed by atoms with Gasteiger partial charge in [0.2, 0.25) is 5.95 Å². The van der Waals surface area contributed by atoms with Gasteiger partial charge in [-0.25, -0.2) is 0 Å². The average Bonchev–Trinajstić information content (AvgIpc) is 3.13. The third-order valence-corrected chi connectivity index (χ3v) is 6.30. The van der Waals surface area contributed by atoms with Gasteiger partial charge in [0.15, 0.2) is 5.11 Å². The molecule has 3 aliphatic rings. The number of aromatic nitrogens is 2. The fraction of sp³-hybridized carbons (Fsp3) is 0.762. The summed E-state index contributed by atoms with van der Waals surface area (Å²) in [5.74, 6) is 2.63. The molecule has 0 amide bonds. The first-order chi connectivity index (χ1) is 14.3. The van der Waals surface area contributed by atoms with Crippen molar-refractivity contribution in [2.45, 2.75) is 63.9 Å². The van der Waals surface area contributed by atoms with Crippen molar-refractivity contribution >= 4 is 34.9 Å². The number of ether oxygens (including phenoxy) is 1. The van der Waals surface area contributed by atoms with Crippen LogP contribution in [0.4, 0.5) is 17.6 Å². The lowest BCUT2D eigenvalue weighted by Gasteiger charge is -2.29. The van der Waals surface area contributed by atoms with Crippen molar-refractivity contribution in [1.82, 2.24) is 15.3 Å². The number of thiocarbonyl (C=S) groups is 1. The van der Waals surface area contributed by atoms with Crippen LogP contribution in [0.25, 0.3) is 0 Å². The Kier molecular flexibility index (Phi) is 7.38. The Morgan fingerprint density at radius 1 is 0.931 bits per heavy atom. The molecule has 1 atom stereocenters. The van der Waals surface area contributed by atoms with Gasteiger partial charge in [-0.2, -0.15) is 9.97 Å². The maximum Gasteiger partial charge on any atom is 0.232 e. The van der Waals surface area contributed by atoms with Crippen molar-refractivity contribution in [2.24, 2.45) is 0 Å². The normalized spacial score (nSPS) is 23.0. The summed E-state index contributed by atoms with van der Waals surface area (Å²) in [7, 11) is 0. The molecule has 0 saturated carbocycles. The largest absolute Gasteiger partial charge is 0.376 e. The van der Waals surface area contributed by atoms with Crippen LogP contribution in [-0.2, 0) is 4.74 Å². The van der Waals surface area contributed by atoms with Crippen LogP contribution in [0.5, 0.6) is 0 Å². The predicted molar refractivity (Wildman–Crippen MR) is 122 cm³/mol. The molecule has 4 heterocycles. The summed E-state index contributed by atoms with van der Waals surface area (Å²) in [5, 5.41) is 7.07. The Labute approximate surface area is 179 Å². The molecular weight excluding hydrogens is 384 g/mol. The first-order valence-corrected chi connectivity index (χ1v) is 11.7. The van der Waals surface area contributed by atoms with Gasteiger partial charge < -0.3 is 25.2 Å². The fourth-order valence-electron chi connectivity index (χ4n) is 4.38. The van der Waals surface area contributed by atoms with Crippen LogP contribution in [0.3, 0.4) is 0 Å². The van der Waals surface area contributed by atoms with Gasteiger partial charge in [-0.3, -0.25) is 0 Å². The van der Waals surface area contributed by atoms with Gasteiger partial charge in [-0.1, -0.05) is 12.8 Å². The summed E-state index contributed by atoms with van der Waals surface area (Å²) in [4.78, 5) is 14.4. The molecule has 1 aromatic heterocycles. The number of hydrogen-bond acceptors (Lipinski definition) is 6. The van der Waals surface area contributed by atoms with Crippen molar-refractivity contribution in [3.63, 3.8) is 0 Å². The third-order valence-electron chi connectivity index (χ3n) is 6.05. The van der Waals surface area contributed by atoms with E-state index in [1.807, 2.05) is 0 Å². The van der Waals surface area contributed by atoms with Gasteiger partial charge in [0.05, 0.1) is 6.10 Å². The number of nitrogens with zero attached hydrogens (tertiary/aromatic N) is 4. The first kappa shape index (κ1) is 20.6. The summed E-state index contributed by atoms with van der Waals surface area (Å²) in [5.41, 5.74) is 0. The second-order valence-electron chi connectivity index (χ2n) is 8.33. The van der Waals surface area contributed by atoms with Crippen molar-refractivity contribution < 1.29 is 4.74 Å². The lowest BCUT2D eigenvalue weighted by molar-refractivity contribution is 0.114. The van der Waals surface area contributed by atoms with E-state index < -0.39 is 0 Å². The van der Waals surface area contributed by atoms with E-state index in [0.717, 1.165) is 63.8 Å². The highest BCUT2D eigenvalue weighted by Crippen LogP contribution is 2.25. The first-order valence-electron chi connectivity index (χ1n) is 11.3. The molecule has 0 aromatic carbocycles. The Balaban J connectivity index is 1.47. The molecule has 0 aliphatic carbocycles. The summed E-state index contributed by atoms with van der Waals surface area (Å²) in [6.45, 7) is 5.85. The van der Waals surface area contributed by atoms with Crippen molar-refractivity contribution in [3.8, 4) is 0 Å². The monoisotopic (exact) mass is 418 g/mol. The Hall–Kier alpha value is -1.67. The van der Waals surface area contributed by atoms with Crippen molar-refractivity contribution in [1.29, 1.82) is 0 Å². The highest BCUT2D eigenvalue weighted by Gasteiger charge is 2.19. The van der Waals surface area contributed by atoms with E-state index in [1.165, 1.54) is 44.9 Å². The quantitative estimate of drug-likeness (QED) is 0.706. The minimum atomic E-state index is 0.253. The van der Waals surface area contributed by atoms with E-state index in [4.69, 9.17) is 26.9 Å². The van der Waals surface area contributed by atoms with Gasteiger partial charge in [0, 0.05) is 45.4 Å². The number of piperidine rings is 1. The summed E-state index contributed by atoms with van der Waals surface area (Å²) in [6, 6.07) is 2.17. The molecule has 0 radical (unpaired) electrons. The fourth-order valence-corrected chi connectivity index (χ4v) is 4.56. The van der Waals surface area contributed by atoms with Crippen LogP contribution in [0.15, 0.2) is 6.07 Å². The van der Waals surface area contributed by atoms with Gasteiger partial charge >= 0.3 is 0 Å².